The number of hydrogen-bond acceptors (Lipinski definition) is 3. The molecule has 18 heavy (non-hydrogen) atoms. The summed E-state index contributed by atoms with van der Waals surface area (Å²) in [4.78, 5) is 14.7. The van der Waals surface area contributed by atoms with Crippen LogP contribution in [0.15, 0.2) is 35.1 Å². The first kappa shape index (κ1) is 12.6. The van der Waals surface area contributed by atoms with E-state index in [1.165, 1.54) is 0 Å². The van der Waals surface area contributed by atoms with Crippen molar-refractivity contribution >= 4 is 16.6 Å². The van der Waals surface area contributed by atoms with Gasteiger partial charge in [0.2, 0.25) is 0 Å². The largest absolute Gasteiger partial charge is 0.393 e. The second-order valence-electron chi connectivity index (χ2n) is 4.73. The van der Waals surface area contributed by atoms with Gasteiger partial charge in [-0.25, -0.2) is 0 Å². The summed E-state index contributed by atoms with van der Waals surface area (Å²) in [6.45, 7) is 3.72. The van der Waals surface area contributed by atoms with Crippen molar-refractivity contribution in [3.05, 3.63) is 40.7 Å². The fraction of sp³-hybridized carbons (Fsp3) is 0.357. The van der Waals surface area contributed by atoms with Crippen molar-refractivity contribution in [2.75, 3.05) is 5.32 Å². The fourth-order valence-corrected chi connectivity index (χ4v) is 2.12. The highest BCUT2D eigenvalue weighted by Crippen LogP contribution is 2.14. The quantitative estimate of drug-likeness (QED) is 0.774. The Morgan fingerprint density at radius 1 is 1.33 bits per heavy atom. The number of hydrogen-bond donors (Lipinski definition) is 3. The summed E-state index contributed by atoms with van der Waals surface area (Å²) in [6.07, 6.45) is 0.272. The lowest BCUT2D eigenvalue weighted by Crippen LogP contribution is -2.22. The molecule has 96 valence electrons. The molecule has 4 nitrogen and oxygen atoms in total. The normalized spacial score (nSPS) is 14.4. The van der Waals surface area contributed by atoms with Crippen LogP contribution in [0.5, 0.6) is 0 Å². The van der Waals surface area contributed by atoms with Crippen LogP contribution < -0.4 is 10.9 Å². The first-order valence-electron chi connectivity index (χ1n) is 6.13. The molecule has 0 amide bonds. The number of fused-ring (bicyclic) bond motifs is 1. The summed E-state index contributed by atoms with van der Waals surface area (Å²) in [7, 11) is 0. The molecule has 2 aromatic rings. The molecule has 0 bridgehead atoms. The highest BCUT2D eigenvalue weighted by molar-refractivity contribution is 5.83. The predicted octanol–water partition coefficient (Wildman–Crippen LogP) is 2.10. The number of aliphatic hydroxyl groups is 1. The molecule has 3 N–H and O–H groups in total. The Balaban J connectivity index is 2.27. The number of nitrogens with one attached hydrogen (secondary N) is 2. The van der Waals surface area contributed by atoms with Crippen molar-refractivity contribution < 1.29 is 5.11 Å². The van der Waals surface area contributed by atoms with Crippen LogP contribution in [0.3, 0.4) is 0 Å². The summed E-state index contributed by atoms with van der Waals surface area (Å²) in [5.74, 6) is 0.687. The molecular weight excluding hydrogens is 228 g/mol. The average molecular weight is 246 g/mol. The molecule has 0 aliphatic heterocycles. The molecule has 0 fully saturated rings. The molecular formula is C14H18N2O2. The Morgan fingerprint density at radius 3 is 2.78 bits per heavy atom. The fourth-order valence-electron chi connectivity index (χ4n) is 2.12. The number of pyridine rings is 1. The molecule has 2 unspecified atom stereocenters. The third kappa shape index (κ3) is 2.90. The van der Waals surface area contributed by atoms with Crippen LogP contribution in [-0.2, 0) is 0 Å². The minimum absolute atomic E-state index is 0.0974. The van der Waals surface area contributed by atoms with Gasteiger partial charge in [0.25, 0.3) is 5.56 Å². The summed E-state index contributed by atoms with van der Waals surface area (Å²) in [5, 5.41) is 14.1. The van der Waals surface area contributed by atoms with E-state index in [0.717, 1.165) is 5.39 Å². The third-order valence-electron chi connectivity index (χ3n) is 2.85. The number of benzene rings is 1. The zero-order valence-corrected chi connectivity index (χ0v) is 10.6. The van der Waals surface area contributed by atoms with Gasteiger partial charge < -0.3 is 15.4 Å². The van der Waals surface area contributed by atoms with Gasteiger partial charge in [0.05, 0.1) is 6.10 Å². The average Bonchev–Trinajstić information content (AvgIpc) is 2.27. The van der Waals surface area contributed by atoms with Crippen molar-refractivity contribution in [3.63, 3.8) is 0 Å². The lowest BCUT2D eigenvalue weighted by atomic mass is 10.1. The highest BCUT2D eigenvalue weighted by Gasteiger charge is 2.07. The molecule has 1 aromatic heterocycles. The number of rotatable bonds is 4. The van der Waals surface area contributed by atoms with Gasteiger partial charge in [-0.05, 0) is 37.8 Å². The molecule has 0 spiro atoms. The molecule has 0 aliphatic carbocycles. The third-order valence-corrected chi connectivity index (χ3v) is 2.85. The topological polar surface area (TPSA) is 65.1 Å². The molecule has 4 heteroatoms. The van der Waals surface area contributed by atoms with Gasteiger partial charge in [-0.2, -0.15) is 0 Å². The van der Waals surface area contributed by atoms with Gasteiger partial charge in [0, 0.05) is 11.4 Å². The van der Waals surface area contributed by atoms with E-state index in [9.17, 15) is 9.90 Å². The van der Waals surface area contributed by atoms with Crippen molar-refractivity contribution in [2.24, 2.45) is 0 Å². The monoisotopic (exact) mass is 246 g/mol. The maximum absolute atomic E-state index is 11.9. The molecule has 1 heterocycles. The van der Waals surface area contributed by atoms with Crippen LogP contribution in [0.1, 0.15) is 20.3 Å². The number of aromatic amines is 1. The number of aliphatic hydroxyl groups excluding tert-OH is 1. The summed E-state index contributed by atoms with van der Waals surface area (Å²) in [5.41, 5.74) is -0.0974. The number of H-pyrrole nitrogens is 1. The van der Waals surface area contributed by atoms with Crippen LogP contribution in [0.2, 0.25) is 0 Å². The molecule has 2 rings (SSSR count). The van der Waals surface area contributed by atoms with Crippen molar-refractivity contribution in [2.45, 2.75) is 32.4 Å². The van der Waals surface area contributed by atoms with E-state index in [1.54, 1.807) is 13.0 Å². The minimum Gasteiger partial charge on any atom is -0.393 e. The predicted molar refractivity (Wildman–Crippen MR) is 74.0 cm³/mol. The maximum Gasteiger partial charge on any atom is 0.257 e. The summed E-state index contributed by atoms with van der Waals surface area (Å²) >= 11 is 0. The van der Waals surface area contributed by atoms with Crippen LogP contribution in [0.4, 0.5) is 5.82 Å². The van der Waals surface area contributed by atoms with Crippen molar-refractivity contribution in [3.8, 4) is 0 Å². The maximum atomic E-state index is 11.9. The van der Waals surface area contributed by atoms with E-state index in [0.29, 0.717) is 17.6 Å². The van der Waals surface area contributed by atoms with Gasteiger partial charge in [-0.1, -0.05) is 18.2 Å². The van der Waals surface area contributed by atoms with Crippen molar-refractivity contribution in [1.82, 2.24) is 4.98 Å². The summed E-state index contributed by atoms with van der Waals surface area (Å²) in [6, 6.07) is 9.48. The second kappa shape index (κ2) is 5.23. The Bertz CT molecular complexity index is 590. The molecule has 0 aliphatic rings. The van der Waals surface area contributed by atoms with Crippen molar-refractivity contribution in [1.29, 1.82) is 0 Å². The van der Waals surface area contributed by atoms with E-state index in [2.05, 4.69) is 10.3 Å². The standard InChI is InChI=1S/C14H18N2O2/c1-9(7-10(2)17)15-13-8-11-5-3-4-6-12(11)14(18)16-13/h3-6,8-10,17H,7H2,1-2H3,(H2,15,16,18). The number of aromatic nitrogens is 1. The molecule has 0 saturated heterocycles. The van der Waals surface area contributed by atoms with Gasteiger partial charge in [0.1, 0.15) is 5.82 Å². The zero-order valence-electron chi connectivity index (χ0n) is 10.6. The van der Waals surface area contributed by atoms with Crippen LogP contribution in [-0.4, -0.2) is 22.2 Å². The van der Waals surface area contributed by atoms with E-state index in [-0.39, 0.29) is 17.7 Å². The van der Waals surface area contributed by atoms with E-state index < -0.39 is 0 Å². The smallest absolute Gasteiger partial charge is 0.257 e. The lowest BCUT2D eigenvalue weighted by Gasteiger charge is -2.16. The molecule has 2 atom stereocenters. The van der Waals surface area contributed by atoms with Crippen LogP contribution >= 0.6 is 0 Å². The molecule has 1 aromatic carbocycles. The number of anilines is 1. The lowest BCUT2D eigenvalue weighted by molar-refractivity contribution is 0.179. The Morgan fingerprint density at radius 2 is 2.06 bits per heavy atom. The van der Waals surface area contributed by atoms with E-state index >= 15 is 0 Å². The Labute approximate surface area is 106 Å². The molecule has 0 radical (unpaired) electrons. The first-order valence-corrected chi connectivity index (χ1v) is 6.13. The SMILES string of the molecule is CC(O)CC(C)Nc1cc2ccccc2c(=O)[nH]1. The van der Waals surface area contributed by atoms with Crippen LogP contribution in [0, 0.1) is 0 Å². The highest BCUT2D eigenvalue weighted by atomic mass is 16.3. The van der Waals surface area contributed by atoms with E-state index in [4.69, 9.17) is 0 Å². The van der Waals surface area contributed by atoms with Gasteiger partial charge in [-0.15, -0.1) is 0 Å². The zero-order chi connectivity index (χ0) is 13.1. The summed E-state index contributed by atoms with van der Waals surface area (Å²) < 4.78 is 0. The minimum atomic E-state index is -0.361. The van der Waals surface area contributed by atoms with Gasteiger partial charge in [0.15, 0.2) is 0 Å². The Hall–Kier alpha value is -1.81. The first-order chi connectivity index (χ1) is 8.56. The van der Waals surface area contributed by atoms with Gasteiger partial charge >= 0.3 is 0 Å². The Kier molecular flexibility index (Phi) is 3.67. The van der Waals surface area contributed by atoms with E-state index in [1.807, 2.05) is 31.2 Å². The van der Waals surface area contributed by atoms with Gasteiger partial charge in [-0.3, -0.25) is 4.79 Å². The molecule has 0 saturated carbocycles. The van der Waals surface area contributed by atoms with Crippen LogP contribution in [0.25, 0.3) is 10.8 Å². The second-order valence-corrected chi connectivity index (χ2v) is 4.73.